The van der Waals surface area contributed by atoms with Crippen molar-refractivity contribution in [2.24, 2.45) is 4.99 Å². The van der Waals surface area contributed by atoms with Crippen molar-refractivity contribution in [3.05, 3.63) is 0 Å². The number of nitrogens with one attached hydrogen (secondary N) is 1. The molecule has 1 rings (SSSR count). The fourth-order valence-electron chi connectivity index (χ4n) is 0.392. The summed E-state index contributed by atoms with van der Waals surface area (Å²) in [6.07, 6.45) is 1.83. The molecule has 0 spiro atoms. The summed E-state index contributed by atoms with van der Waals surface area (Å²) < 4.78 is 0. The van der Waals surface area contributed by atoms with E-state index in [-0.39, 0.29) is 17.0 Å². The fourth-order valence-corrected chi connectivity index (χ4v) is 0.392. The summed E-state index contributed by atoms with van der Waals surface area (Å²) >= 11 is 0. The van der Waals surface area contributed by atoms with Crippen molar-refractivity contribution >= 4 is 6.34 Å². The van der Waals surface area contributed by atoms with Crippen LogP contribution in [0.15, 0.2) is 4.99 Å². The highest BCUT2D eigenvalue weighted by molar-refractivity contribution is 5.41. The van der Waals surface area contributed by atoms with Crippen LogP contribution in [0.25, 0.3) is 0 Å². The van der Waals surface area contributed by atoms with Gasteiger partial charge in [0.2, 0.25) is 0 Å². The van der Waals surface area contributed by atoms with Crippen LogP contribution >= 0.6 is 0 Å². The van der Waals surface area contributed by atoms with Crippen LogP contribution in [-0.4, -0.2) is 19.7 Å². The summed E-state index contributed by atoms with van der Waals surface area (Å²) in [6, 6.07) is 0. The van der Waals surface area contributed by atoms with E-state index in [9.17, 15) is 0 Å². The lowest BCUT2D eigenvalue weighted by Crippen LogP contribution is -3.00. The number of quaternary nitrogens is 1. The molecule has 0 saturated carbocycles. The van der Waals surface area contributed by atoms with Crippen molar-refractivity contribution in [3.8, 4) is 0 Å². The van der Waals surface area contributed by atoms with E-state index < -0.39 is 0 Å². The SMILES string of the molecule is C1=NCNC[NH2+]1.[Br-]. The Hall–Kier alpha value is 0.0700. The van der Waals surface area contributed by atoms with Crippen molar-refractivity contribution in [1.29, 1.82) is 0 Å². The van der Waals surface area contributed by atoms with Gasteiger partial charge < -0.3 is 17.0 Å². The van der Waals surface area contributed by atoms with Gasteiger partial charge in [0.25, 0.3) is 0 Å². The Balaban J connectivity index is 0.000000360. The van der Waals surface area contributed by atoms with Gasteiger partial charge in [-0.1, -0.05) is 0 Å². The molecular weight excluding hydrogens is 158 g/mol. The lowest BCUT2D eigenvalue weighted by Gasteiger charge is -1.99. The molecule has 1 aliphatic heterocycles. The Morgan fingerprint density at radius 1 is 1.71 bits per heavy atom. The minimum absolute atomic E-state index is 0. The molecule has 1 aliphatic rings. The number of nitrogens with two attached hydrogens (primary N) is 1. The predicted octanol–water partition coefficient (Wildman–Crippen LogP) is -4.90. The zero-order chi connectivity index (χ0) is 4.24. The van der Waals surface area contributed by atoms with E-state index in [1.54, 1.807) is 0 Å². The smallest absolute Gasteiger partial charge is 0.184 e. The maximum atomic E-state index is 3.89. The standard InChI is InChI=1S/C3H7N3.BrH/c1-4-2-6-3-5-1;/h1,6H,2-3H2,(H,4,5);1H. The summed E-state index contributed by atoms with van der Waals surface area (Å²) in [5, 5.41) is 5.02. The zero-order valence-electron chi connectivity index (χ0n) is 3.89. The summed E-state index contributed by atoms with van der Waals surface area (Å²) in [4.78, 5) is 3.89. The molecule has 42 valence electrons. The monoisotopic (exact) mass is 165 g/mol. The lowest BCUT2D eigenvalue weighted by molar-refractivity contribution is -0.539. The van der Waals surface area contributed by atoms with E-state index in [2.05, 4.69) is 10.3 Å². The van der Waals surface area contributed by atoms with Crippen LogP contribution in [0.4, 0.5) is 0 Å². The average Bonchev–Trinajstić information content (AvgIpc) is 1.72. The summed E-state index contributed by atoms with van der Waals surface area (Å²) in [5.41, 5.74) is 0. The molecule has 0 aromatic heterocycles. The van der Waals surface area contributed by atoms with Crippen molar-refractivity contribution in [3.63, 3.8) is 0 Å². The molecule has 3 nitrogen and oxygen atoms in total. The number of nitrogens with zero attached hydrogens (tertiary/aromatic N) is 1. The summed E-state index contributed by atoms with van der Waals surface area (Å²) in [6.45, 7) is 1.76. The molecule has 0 fully saturated rings. The number of aliphatic imine (C=N–C) groups is 1. The molecule has 4 heteroatoms. The quantitative estimate of drug-likeness (QED) is 0.372. The first kappa shape index (κ1) is 7.07. The second kappa shape index (κ2) is 4.23. The Kier molecular flexibility index (Phi) is 4.28. The van der Waals surface area contributed by atoms with Gasteiger partial charge in [0.05, 0.1) is 6.67 Å². The second-order valence-corrected chi connectivity index (χ2v) is 1.18. The molecule has 0 aliphatic carbocycles. The molecule has 0 bridgehead atoms. The third-order valence-corrected chi connectivity index (χ3v) is 0.676. The van der Waals surface area contributed by atoms with Crippen LogP contribution in [0.1, 0.15) is 0 Å². The van der Waals surface area contributed by atoms with E-state index in [1.807, 2.05) is 11.7 Å². The fraction of sp³-hybridized carbons (Fsp3) is 0.667. The molecule has 0 aromatic rings. The Labute approximate surface area is 53.0 Å². The molecule has 0 unspecified atom stereocenters. The lowest BCUT2D eigenvalue weighted by atomic mass is 10.8. The minimum Gasteiger partial charge on any atom is -1.00 e. The first-order valence-electron chi connectivity index (χ1n) is 2.02. The van der Waals surface area contributed by atoms with Gasteiger partial charge in [-0.05, 0) is 0 Å². The molecule has 0 atom stereocenters. The molecule has 3 N–H and O–H groups in total. The van der Waals surface area contributed by atoms with Crippen molar-refractivity contribution in [2.75, 3.05) is 13.3 Å². The Bertz CT molecular complexity index is 55.2. The highest BCUT2D eigenvalue weighted by Crippen LogP contribution is 1.55. The van der Waals surface area contributed by atoms with E-state index in [0.29, 0.717) is 0 Å². The van der Waals surface area contributed by atoms with Crippen molar-refractivity contribution in [1.82, 2.24) is 5.32 Å². The summed E-state index contributed by atoms with van der Waals surface area (Å²) in [7, 11) is 0. The van der Waals surface area contributed by atoms with Crippen LogP contribution in [-0.2, 0) is 0 Å². The van der Waals surface area contributed by atoms with E-state index in [4.69, 9.17) is 0 Å². The molecule has 0 radical (unpaired) electrons. The van der Waals surface area contributed by atoms with Crippen molar-refractivity contribution < 1.29 is 22.3 Å². The third-order valence-electron chi connectivity index (χ3n) is 0.676. The Morgan fingerprint density at radius 3 is 2.71 bits per heavy atom. The van der Waals surface area contributed by atoms with Gasteiger partial charge in [-0.15, -0.1) is 0 Å². The van der Waals surface area contributed by atoms with Gasteiger partial charge in [-0.2, -0.15) is 0 Å². The number of hydrogen-bond acceptors (Lipinski definition) is 2. The van der Waals surface area contributed by atoms with E-state index >= 15 is 0 Å². The first-order valence-corrected chi connectivity index (χ1v) is 2.02. The normalized spacial score (nSPS) is 18.3. The maximum absolute atomic E-state index is 3.89. The van der Waals surface area contributed by atoms with Crippen LogP contribution in [0.2, 0.25) is 0 Å². The van der Waals surface area contributed by atoms with Gasteiger partial charge in [0.1, 0.15) is 6.67 Å². The molecule has 0 amide bonds. The van der Waals surface area contributed by atoms with E-state index in [0.717, 1.165) is 13.3 Å². The van der Waals surface area contributed by atoms with Crippen LogP contribution < -0.4 is 27.6 Å². The second-order valence-electron chi connectivity index (χ2n) is 1.18. The van der Waals surface area contributed by atoms with Crippen LogP contribution in [0.5, 0.6) is 0 Å². The highest BCUT2D eigenvalue weighted by Gasteiger charge is 1.87. The molecule has 0 aromatic carbocycles. The van der Waals surface area contributed by atoms with Gasteiger partial charge in [-0.3, -0.25) is 10.6 Å². The molecular formula is C3H8BrN3. The topological polar surface area (TPSA) is 41.0 Å². The van der Waals surface area contributed by atoms with Gasteiger partial charge >= 0.3 is 0 Å². The Morgan fingerprint density at radius 2 is 2.57 bits per heavy atom. The van der Waals surface area contributed by atoms with E-state index in [1.165, 1.54) is 0 Å². The average molecular weight is 166 g/mol. The molecule has 0 saturated heterocycles. The van der Waals surface area contributed by atoms with Crippen LogP contribution in [0, 0.1) is 0 Å². The molecule has 1 heterocycles. The van der Waals surface area contributed by atoms with Crippen molar-refractivity contribution in [2.45, 2.75) is 0 Å². The maximum Gasteiger partial charge on any atom is 0.184 e. The number of hydrogen-bond donors (Lipinski definition) is 2. The first-order chi connectivity index (χ1) is 3.00. The number of halogens is 1. The summed E-state index contributed by atoms with van der Waals surface area (Å²) in [5.74, 6) is 0. The third kappa shape index (κ3) is 2.73. The van der Waals surface area contributed by atoms with Gasteiger partial charge in [-0.25, -0.2) is 4.99 Å². The van der Waals surface area contributed by atoms with Gasteiger partial charge in [0.15, 0.2) is 6.34 Å². The predicted molar refractivity (Wildman–Crippen MR) is 23.3 cm³/mol. The number of rotatable bonds is 0. The highest BCUT2D eigenvalue weighted by atomic mass is 79.9. The molecule has 7 heavy (non-hydrogen) atoms. The minimum atomic E-state index is 0. The zero-order valence-corrected chi connectivity index (χ0v) is 5.48. The van der Waals surface area contributed by atoms with Gasteiger partial charge in [0, 0.05) is 0 Å². The van der Waals surface area contributed by atoms with Crippen LogP contribution in [0.3, 0.4) is 0 Å². The largest absolute Gasteiger partial charge is 1.00 e.